The molecule has 2 aromatic heterocycles. The van der Waals surface area contributed by atoms with Crippen LogP contribution >= 0.6 is 0 Å². The van der Waals surface area contributed by atoms with Gasteiger partial charge in [0, 0.05) is 35.5 Å². The number of carbonyl (C=O) groups excluding carboxylic acids is 1. The molecule has 1 saturated heterocycles. The van der Waals surface area contributed by atoms with Crippen molar-refractivity contribution in [3.05, 3.63) is 94.0 Å². The van der Waals surface area contributed by atoms with Crippen LogP contribution in [0.4, 0.5) is 0 Å². The summed E-state index contributed by atoms with van der Waals surface area (Å²) in [5.74, 6) is 0.641. The van der Waals surface area contributed by atoms with Gasteiger partial charge in [-0.05, 0) is 91.4 Å². The van der Waals surface area contributed by atoms with Crippen molar-refractivity contribution in [2.75, 3.05) is 6.54 Å². The largest absolute Gasteiger partial charge is 0.494 e. The summed E-state index contributed by atoms with van der Waals surface area (Å²) in [6, 6.07) is 17.7. The Hall–Kier alpha value is -3.75. The first-order valence-corrected chi connectivity index (χ1v) is 14.0. The van der Waals surface area contributed by atoms with E-state index in [2.05, 4.69) is 32.7 Å². The number of aromatic nitrogens is 2. The van der Waals surface area contributed by atoms with Crippen LogP contribution in [0.5, 0.6) is 5.75 Å². The van der Waals surface area contributed by atoms with Gasteiger partial charge in [0.1, 0.15) is 5.75 Å². The van der Waals surface area contributed by atoms with Crippen molar-refractivity contribution in [3.8, 4) is 16.9 Å². The molecule has 0 spiro atoms. The Labute approximate surface area is 218 Å². The van der Waals surface area contributed by atoms with Crippen LogP contribution in [0, 0.1) is 6.92 Å². The monoisotopic (exact) mass is 510 g/mol. The lowest BCUT2D eigenvalue weighted by Crippen LogP contribution is -2.53. The fourth-order valence-electron chi connectivity index (χ4n) is 5.13. The zero-order valence-electron chi connectivity index (χ0n) is 21.0. The molecule has 1 aliphatic carbocycles. The second kappa shape index (κ2) is 9.28. The van der Waals surface area contributed by atoms with Gasteiger partial charge in [0.05, 0.1) is 27.0 Å². The second-order valence-electron chi connectivity index (χ2n) is 10.2. The van der Waals surface area contributed by atoms with Gasteiger partial charge in [-0.25, -0.2) is 0 Å². The highest BCUT2D eigenvalue weighted by Gasteiger charge is 2.47. The average Bonchev–Trinajstić information content (AvgIpc) is 3.64. The number of carbonyl (C=O) groups is 1. The van der Waals surface area contributed by atoms with Gasteiger partial charge in [0.15, 0.2) is 0 Å². The van der Waals surface area contributed by atoms with Gasteiger partial charge >= 0.3 is 0 Å². The summed E-state index contributed by atoms with van der Waals surface area (Å²) in [6.45, 7) is 3.00. The Morgan fingerprint density at radius 3 is 2.70 bits per heavy atom. The van der Waals surface area contributed by atoms with E-state index in [4.69, 9.17) is 4.74 Å². The molecule has 3 N–H and O–H groups in total. The van der Waals surface area contributed by atoms with Gasteiger partial charge in [-0.15, -0.1) is 0 Å². The third kappa shape index (κ3) is 4.58. The van der Waals surface area contributed by atoms with Gasteiger partial charge in [-0.1, -0.05) is 12.1 Å². The van der Waals surface area contributed by atoms with Crippen molar-refractivity contribution in [1.82, 2.24) is 20.6 Å². The Kier molecular flexibility index (Phi) is 5.93. The number of nitrogens with zero attached hydrogens (tertiary/aromatic N) is 1. The number of fused-ring (bicyclic) bond motifs is 1. The van der Waals surface area contributed by atoms with Crippen molar-refractivity contribution in [1.29, 1.82) is 0 Å². The number of aryl methyl sites for hydroxylation is 1. The maximum atomic E-state index is 13.6. The predicted octanol–water partition coefficient (Wildman–Crippen LogP) is 2.75. The molecule has 4 aromatic rings. The molecule has 2 fully saturated rings. The van der Waals surface area contributed by atoms with Crippen molar-refractivity contribution in [3.63, 3.8) is 0 Å². The van der Waals surface area contributed by atoms with Gasteiger partial charge < -0.3 is 20.4 Å². The third-order valence-corrected chi connectivity index (χ3v) is 8.70. The number of pyridine rings is 2. The molecule has 0 bridgehead atoms. The lowest BCUT2D eigenvalue weighted by Gasteiger charge is -2.33. The lowest BCUT2D eigenvalue weighted by atomic mass is 9.93. The zero-order chi connectivity index (χ0) is 25.6. The van der Waals surface area contributed by atoms with E-state index in [0.29, 0.717) is 11.6 Å². The molecule has 6 rings (SSSR count). The van der Waals surface area contributed by atoms with Crippen LogP contribution in [-0.2, 0) is 5.54 Å². The number of hydrogen-bond acceptors (Lipinski definition) is 5. The molecular formula is C29H30N4O3Si. The topological polar surface area (TPSA) is 96.1 Å². The lowest BCUT2D eigenvalue weighted by molar-refractivity contribution is 0.0929. The number of H-pyrrole nitrogens is 1. The van der Waals surface area contributed by atoms with E-state index >= 15 is 0 Å². The Balaban J connectivity index is 1.32. The number of aromatic amines is 1. The molecule has 2 atom stereocenters. The molecule has 7 nitrogen and oxygen atoms in total. The summed E-state index contributed by atoms with van der Waals surface area (Å²) >= 11 is 0. The molecular weight excluding hydrogens is 480 g/mol. The molecule has 37 heavy (non-hydrogen) atoms. The zero-order valence-corrected chi connectivity index (χ0v) is 23.0. The summed E-state index contributed by atoms with van der Waals surface area (Å²) in [6.07, 6.45) is 6.33. The van der Waals surface area contributed by atoms with E-state index in [-0.39, 0.29) is 17.2 Å². The van der Waals surface area contributed by atoms with Crippen LogP contribution in [0.1, 0.15) is 40.7 Å². The van der Waals surface area contributed by atoms with Crippen molar-refractivity contribution >= 4 is 27.1 Å². The molecule has 1 aliphatic heterocycles. The van der Waals surface area contributed by atoms with E-state index in [0.717, 1.165) is 75.0 Å². The van der Waals surface area contributed by atoms with Crippen LogP contribution in [-0.4, -0.2) is 44.4 Å². The molecule has 1 amide bonds. The fraction of sp³-hybridized carbons (Fsp3) is 0.276. The normalized spacial score (nSPS) is 18.7. The molecule has 188 valence electrons. The standard InChI is InChI=1S/C29H30N4O3Si/c1-17-4-6-20(36-28(37)24-8-12-31-24)15-22(17)27(35)33-29(9-10-29)23-13-19(18-5-7-26(34)32-16-18)14-25-21(23)3-2-11-30-25/h2-7,11,13-16,24,28,31H,8-10,12H2,1,37H3,(H,32,34)(H,33,35)/t24-,28-/m0/s1. The number of benzene rings is 2. The maximum Gasteiger partial charge on any atom is 0.252 e. The van der Waals surface area contributed by atoms with Crippen LogP contribution in [0.15, 0.2) is 71.8 Å². The highest BCUT2D eigenvalue weighted by Crippen LogP contribution is 2.49. The average molecular weight is 511 g/mol. The van der Waals surface area contributed by atoms with Crippen LogP contribution < -0.4 is 20.9 Å². The highest BCUT2D eigenvalue weighted by atomic mass is 28.1. The first-order valence-electron chi connectivity index (χ1n) is 12.8. The quantitative estimate of drug-likeness (QED) is 0.332. The molecule has 8 heteroatoms. The Morgan fingerprint density at radius 2 is 2.00 bits per heavy atom. The summed E-state index contributed by atoms with van der Waals surface area (Å²) in [7, 11) is 0.916. The van der Waals surface area contributed by atoms with Crippen molar-refractivity contribution in [2.24, 2.45) is 0 Å². The van der Waals surface area contributed by atoms with E-state index in [1.807, 2.05) is 43.3 Å². The number of hydrogen-bond donors (Lipinski definition) is 3. The minimum absolute atomic E-state index is 0.0985. The van der Waals surface area contributed by atoms with E-state index in [1.54, 1.807) is 12.4 Å². The highest BCUT2D eigenvalue weighted by molar-refractivity contribution is 6.11. The van der Waals surface area contributed by atoms with Crippen molar-refractivity contribution in [2.45, 2.75) is 43.5 Å². The minimum Gasteiger partial charge on any atom is -0.494 e. The van der Waals surface area contributed by atoms with Crippen LogP contribution in [0.25, 0.3) is 22.0 Å². The summed E-state index contributed by atoms with van der Waals surface area (Å²) in [5, 5.41) is 7.80. The fourth-order valence-corrected chi connectivity index (χ4v) is 5.98. The first kappa shape index (κ1) is 23.6. The number of nitrogens with one attached hydrogen (secondary N) is 3. The molecule has 0 radical (unpaired) electrons. The second-order valence-corrected chi connectivity index (χ2v) is 11.4. The third-order valence-electron chi connectivity index (χ3n) is 7.66. The van der Waals surface area contributed by atoms with Gasteiger partial charge in [0.2, 0.25) is 5.56 Å². The van der Waals surface area contributed by atoms with Crippen LogP contribution in [0.3, 0.4) is 0 Å². The summed E-state index contributed by atoms with van der Waals surface area (Å²) < 4.78 is 6.21. The van der Waals surface area contributed by atoms with Gasteiger partial charge in [0.25, 0.3) is 5.91 Å². The van der Waals surface area contributed by atoms with E-state index in [9.17, 15) is 9.59 Å². The molecule has 2 aliphatic rings. The minimum atomic E-state index is -0.462. The Bertz CT molecular complexity index is 1540. The number of ether oxygens (including phenoxy) is 1. The molecule has 3 heterocycles. The summed E-state index contributed by atoms with van der Waals surface area (Å²) in [5.41, 5.74) is 4.88. The van der Waals surface area contributed by atoms with Gasteiger partial charge in [-0.2, -0.15) is 0 Å². The van der Waals surface area contributed by atoms with Crippen LogP contribution in [0.2, 0.25) is 0 Å². The van der Waals surface area contributed by atoms with E-state index in [1.165, 1.54) is 6.07 Å². The number of rotatable bonds is 7. The summed E-state index contributed by atoms with van der Waals surface area (Å²) in [4.78, 5) is 32.6. The van der Waals surface area contributed by atoms with E-state index < -0.39 is 5.54 Å². The molecule has 2 aromatic carbocycles. The predicted molar refractivity (Wildman–Crippen MR) is 148 cm³/mol. The maximum absolute atomic E-state index is 13.6. The van der Waals surface area contributed by atoms with Crippen molar-refractivity contribution < 1.29 is 9.53 Å². The Morgan fingerprint density at radius 1 is 1.16 bits per heavy atom. The van der Waals surface area contributed by atoms with Gasteiger partial charge in [-0.3, -0.25) is 14.6 Å². The number of amides is 1. The SMILES string of the molecule is Cc1ccc(O[C@@H]([SiH3])[C@@H]2CCN2)cc1C(=O)NC1(c2cc(-c3ccc(=O)[nH]c3)cc3ncccc23)CC1. The molecule has 1 saturated carbocycles. The first-order chi connectivity index (χ1) is 17.9. The molecule has 0 unspecified atom stereocenters. The smallest absolute Gasteiger partial charge is 0.252 e.